The molecule has 1 atom stereocenters. The summed E-state index contributed by atoms with van der Waals surface area (Å²) in [5.74, 6) is 0.811. The van der Waals surface area contributed by atoms with Gasteiger partial charge in [0.25, 0.3) is 0 Å². The second kappa shape index (κ2) is 3.95. The highest BCUT2D eigenvalue weighted by molar-refractivity contribution is 4.86. The summed E-state index contributed by atoms with van der Waals surface area (Å²) in [6.45, 7) is 3.05. The third-order valence-corrected chi connectivity index (χ3v) is 2.98. The van der Waals surface area contributed by atoms with Crippen molar-refractivity contribution < 1.29 is 9.47 Å². The SMILES string of the molecule is NCC1(OCC2CC2)CCCOC1. The lowest BCUT2D eigenvalue weighted by atomic mass is 9.96. The quantitative estimate of drug-likeness (QED) is 0.708. The number of nitrogens with two attached hydrogens (primary N) is 1. The van der Waals surface area contributed by atoms with Crippen molar-refractivity contribution in [1.29, 1.82) is 0 Å². The number of hydrogen-bond acceptors (Lipinski definition) is 3. The summed E-state index contributed by atoms with van der Waals surface area (Å²) >= 11 is 0. The van der Waals surface area contributed by atoms with Crippen LogP contribution in [0.2, 0.25) is 0 Å². The van der Waals surface area contributed by atoms with Crippen molar-refractivity contribution >= 4 is 0 Å². The molecule has 2 rings (SSSR count). The lowest BCUT2D eigenvalue weighted by Crippen LogP contribution is -2.48. The van der Waals surface area contributed by atoms with E-state index in [4.69, 9.17) is 15.2 Å². The van der Waals surface area contributed by atoms with E-state index in [1.807, 2.05) is 0 Å². The second-order valence-corrected chi connectivity index (χ2v) is 4.30. The zero-order valence-electron chi connectivity index (χ0n) is 8.13. The molecule has 1 saturated carbocycles. The largest absolute Gasteiger partial charge is 0.378 e. The molecule has 2 aliphatic rings. The minimum absolute atomic E-state index is 0.152. The van der Waals surface area contributed by atoms with E-state index in [-0.39, 0.29) is 5.60 Å². The summed E-state index contributed by atoms with van der Waals surface area (Å²) in [6, 6.07) is 0. The van der Waals surface area contributed by atoms with Gasteiger partial charge in [-0.1, -0.05) is 0 Å². The van der Waals surface area contributed by atoms with Gasteiger partial charge >= 0.3 is 0 Å². The van der Waals surface area contributed by atoms with Gasteiger partial charge in [0.2, 0.25) is 0 Å². The van der Waals surface area contributed by atoms with Crippen LogP contribution in [-0.4, -0.2) is 32.0 Å². The highest BCUT2D eigenvalue weighted by Gasteiger charge is 2.34. The molecule has 3 heteroatoms. The molecule has 76 valence electrons. The maximum atomic E-state index is 5.89. The predicted octanol–water partition coefficient (Wildman–Crippen LogP) is 0.921. The van der Waals surface area contributed by atoms with Crippen LogP contribution in [0.5, 0.6) is 0 Å². The summed E-state index contributed by atoms with van der Waals surface area (Å²) in [5, 5.41) is 0. The van der Waals surface area contributed by atoms with Gasteiger partial charge in [-0.25, -0.2) is 0 Å². The van der Waals surface area contributed by atoms with Crippen LogP contribution in [0.25, 0.3) is 0 Å². The number of rotatable bonds is 4. The standard InChI is InChI=1S/C10H19NO2/c11-7-10(4-1-5-12-8-10)13-6-9-2-3-9/h9H,1-8,11H2. The molecule has 2 N–H and O–H groups in total. The molecule has 0 bridgehead atoms. The molecule has 1 unspecified atom stereocenters. The number of hydrogen-bond donors (Lipinski definition) is 1. The van der Waals surface area contributed by atoms with Crippen molar-refractivity contribution in [2.24, 2.45) is 11.7 Å². The van der Waals surface area contributed by atoms with E-state index < -0.39 is 0 Å². The third-order valence-electron chi connectivity index (χ3n) is 2.98. The summed E-state index contributed by atoms with van der Waals surface area (Å²) < 4.78 is 11.3. The fraction of sp³-hybridized carbons (Fsp3) is 1.00. The Morgan fingerprint density at radius 1 is 1.46 bits per heavy atom. The first-order valence-corrected chi connectivity index (χ1v) is 5.26. The molecular weight excluding hydrogens is 166 g/mol. The predicted molar refractivity (Wildman–Crippen MR) is 50.5 cm³/mol. The minimum atomic E-state index is -0.152. The van der Waals surface area contributed by atoms with E-state index >= 15 is 0 Å². The molecule has 2 fully saturated rings. The van der Waals surface area contributed by atoms with Crippen LogP contribution in [-0.2, 0) is 9.47 Å². The zero-order valence-corrected chi connectivity index (χ0v) is 8.13. The van der Waals surface area contributed by atoms with E-state index in [0.717, 1.165) is 32.0 Å². The minimum Gasteiger partial charge on any atom is -0.378 e. The van der Waals surface area contributed by atoms with Gasteiger partial charge < -0.3 is 15.2 Å². The molecule has 0 aromatic carbocycles. The molecule has 3 nitrogen and oxygen atoms in total. The first kappa shape index (κ1) is 9.44. The summed E-state index contributed by atoms with van der Waals surface area (Å²) in [5.41, 5.74) is 5.59. The first-order valence-electron chi connectivity index (χ1n) is 5.26. The molecule has 1 aliphatic carbocycles. The van der Waals surface area contributed by atoms with Gasteiger partial charge in [-0.3, -0.25) is 0 Å². The normalized spacial score (nSPS) is 34.8. The molecule has 13 heavy (non-hydrogen) atoms. The van der Waals surface area contributed by atoms with Crippen LogP contribution in [0.15, 0.2) is 0 Å². The van der Waals surface area contributed by atoms with Crippen molar-refractivity contribution in [1.82, 2.24) is 0 Å². The van der Waals surface area contributed by atoms with Gasteiger partial charge in [-0.2, -0.15) is 0 Å². The monoisotopic (exact) mass is 185 g/mol. The fourth-order valence-corrected chi connectivity index (χ4v) is 1.74. The Balaban J connectivity index is 1.80. The van der Waals surface area contributed by atoms with Gasteiger partial charge in [-0.15, -0.1) is 0 Å². The van der Waals surface area contributed by atoms with Crippen LogP contribution in [0.4, 0.5) is 0 Å². The summed E-state index contributed by atoms with van der Waals surface area (Å²) in [4.78, 5) is 0. The molecule has 0 aromatic rings. The lowest BCUT2D eigenvalue weighted by Gasteiger charge is -2.35. The Bertz CT molecular complexity index is 162. The summed E-state index contributed by atoms with van der Waals surface area (Å²) in [7, 11) is 0. The van der Waals surface area contributed by atoms with Crippen LogP contribution in [0.3, 0.4) is 0 Å². The highest BCUT2D eigenvalue weighted by Crippen LogP contribution is 2.32. The van der Waals surface area contributed by atoms with Crippen LogP contribution in [0.1, 0.15) is 25.7 Å². The summed E-state index contributed by atoms with van der Waals surface area (Å²) in [6.07, 6.45) is 4.82. The van der Waals surface area contributed by atoms with Gasteiger partial charge in [0.15, 0.2) is 0 Å². The topological polar surface area (TPSA) is 44.5 Å². The van der Waals surface area contributed by atoms with E-state index in [2.05, 4.69) is 0 Å². The highest BCUT2D eigenvalue weighted by atomic mass is 16.5. The average molecular weight is 185 g/mol. The molecule has 0 aromatic heterocycles. The second-order valence-electron chi connectivity index (χ2n) is 4.30. The molecule has 0 radical (unpaired) electrons. The Morgan fingerprint density at radius 3 is 2.85 bits per heavy atom. The maximum absolute atomic E-state index is 5.89. The van der Waals surface area contributed by atoms with Crippen molar-refractivity contribution in [3.63, 3.8) is 0 Å². The van der Waals surface area contributed by atoms with Gasteiger partial charge in [0.1, 0.15) is 5.60 Å². The van der Waals surface area contributed by atoms with E-state index in [9.17, 15) is 0 Å². The Kier molecular flexibility index (Phi) is 2.86. The van der Waals surface area contributed by atoms with Gasteiger partial charge in [0, 0.05) is 13.2 Å². The molecule has 1 saturated heterocycles. The molecule has 1 heterocycles. The lowest BCUT2D eigenvalue weighted by molar-refractivity contribution is -0.125. The first-order chi connectivity index (χ1) is 6.35. The average Bonchev–Trinajstić information content (AvgIpc) is 3.00. The smallest absolute Gasteiger partial charge is 0.104 e. The van der Waals surface area contributed by atoms with Gasteiger partial charge in [-0.05, 0) is 31.6 Å². The van der Waals surface area contributed by atoms with Crippen LogP contribution in [0, 0.1) is 5.92 Å². The zero-order chi connectivity index (χ0) is 9.15. The maximum Gasteiger partial charge on any atom is 0.104 e. The van der Waals surface area contributed by atoms with E-state index in [1.165, 1.54) is 12.8 Å². The molecule has 0 spiro atoms. The van der Waals surface area contributed by atoms with Crippen molar-refractivity contribution in [2.75, 3.05) is 26.4 Å². The Hall–Kier alpha value is -0.120. The molecular formula is C10H19NO2. The van der Waals surface area contributed by atoms with E-state index in [1.54, 1.807) is 0 Å². The fourth-order valence-electron chi connectivity index (χ4n) is 1.74. The third kappa shape index (κ3) is 2.42. The van der Waals surface area contributed by atoms with Crippen molar-refractivity contribution in [3.05, 3.63) is 0 Å². The molecule has 0 amide bonds. The van der Waals surface area contributed by atoms with Gasteiger partial charge in [0.05, 0.1) is 13.2 Å². The molecule has 1 aliphatic heterocycles. The van der Waals surface area contributed by atoms with Crippen LogP contribution >= 0.6 is 0 Å². The van der Waals surface area contributed by atoms with Crippen molar-refractivity contribution in [3.8, 4) is 0 Å². The Labute approximate surface area is 79.6 Å². The Morgan fingerprint density at radius 2 is 2.31 bits per heavy atom. The number of ether oxygens (including phenoxy) is 2. The van der Waals surface area contributed by atoms with Crippen LogP contribution < -0.4 is 5.73 Å². The van der Waals surface area contributed by atoms with E-state index in [0.29, 0.717) is 13.2 Å². The van der Waals surface area contributed by atoms with Crippen molar-refractivity contribution in [2.45, 2.75) is 31.3 Å².